The van der Waals surface area contributed by atoms with Crippen molar-refractivity contribution in [3.63, 3.8) is 0 Å². The molecule has 0 aliphatic carbocycles. The Balaban J connectivity index is 2.24. The molecular formula is C18H19FN2O2. The number of carbonyl (C=O) groups excluding carboxylic acids is 2. The summed E-state index contributed by atoms with van der Waals surface area (Å²) >= 11 is 0. The number of halogens is 1. The second-order valence-corrected chi connectivity index (χ2v) is 5.49. The molecule has 23 heavy (non-hydrogen) atoms. The van der Waals surface area contributed by atoms with Gasteiger partial charge in [0.15, 0.2) is 0 Å². The van der Waals surface area contributed by atoms with Gasteiger partial charge in [0.1, 0.15) is 11.9 Å². The van der Waals surface area contributed by atoms with Crippen LogP contribution >= 0.6 is 0 Å². The Morgan fingerprint density at radius 1 is 0.957 bits per heavy atom. The van der Waals surface area contributed by atoms with Gasteiger partial charge in [0.25, 0.3) is 5.91 Å². The topological polar surface area (TPSA) is 58.2 Å². The zero-order valence-corrected chi connectivity index (χ0v) is 13.0. The highest BCUT2D eigenvalue weighted by Gasteiger charge is 2.23. The lowest BCUT2D eigenvalue weighted by atomic mass is 10.0. The molecule has 0 heterocycles. The van der Waals surface area contributed by atoms with Crippen molar-refractivity contribution in [2.24, 2.45) is 0 Å². The summed E-state index contributed by atoms with van der Waals surface area (Å²) in [4.78, 5) is 24.7. The van der Waals surface area contributed by atoms with E-state index in [1.54, 1.807) is 24.3 Å². The van der Waals surface area contributed by atoms with Crippen LogP contribution in [0.1, 0.15) is 35.8 Å². The van der Waals surface area contributed by atoms with Gasteiger partial charge in [-0.1, -0.05) is 36.4 Å². The predicted octanol–water partition coefficient (Wildman–Crippen LogP) is 2.82. The fourth-order valence-electron chi connectivity index (χ4n) is 2.16. The van der Waals surface area contributed by atoms with E-state index in [1.165, 1.54) is 18.2 Å². The van der Waals surface area contributed by atoms with Gasteiger partial charge in [0.2, 0.25) is 5.91 Å². The third-order valence-corrected chi connectivity index (χ3v) is 3.19. The molecule has 0 fully saturated rings. The normalized spacial score (nSPS) is 11.8. The summed E-state index contributed by atoms with van der Waals surface area (Å²) in [5.74, 6) is -1.31. The molecule has 120 valence electrons. The van der Waals surface area contributed by atoms with Crippen LogP contribution in [0.2, 0.25) is 0 Å². The highest BCUT2D eigenvalue weighted by molar-refractivity contribution is 5.97. The first-order valence-corrected chi connectivity index (χ1v) is 7.39. The molecule has 0 bridgehead atoms. The van der Waals surface area contributed by atoms with Crippen molar-refractivity contribution >= 4 is 11.8 Å². The van der Waals surface area contributed by atoms with E-state index in [2.05, 4.69) is 10.6 Å². The Morgan fingerprint density at radius 2 is 1.65 bits per heavy atom. The van der Waals surface area contributed by atoms with Crippen LogP contribution in [0.25, 0.3) is 0 Å². The molecule has 2 aromatic carbocycles. The third kappa shape index (κ3) is 4.64. The van der Waals surface area contributed by atoms with E-state index in [0.29, 0.717) is 5.56 Å². The molecule has 0 saturated carbocycles. The molecule has 2 N–H and O–H groups in total. The maximum Gasteiger partial charge on any atom is 0.252 e. The minimum atomic E-state index is -0.839. The molecule has 4 nitrogen and oxygen atoms in total. The van der Waals surface area contributed by atoms with E-state index in [0.717, 1.165) is 6.07 Å². The van der Waals surface area contributed by atoms with Crippen molar-refractivity contribution in [2.75, 3.05) is 0 Å². The summed E-state index contributed by atoms with van der Waals surface area (Å²) in [5, 5.41) is 5.45. The van der Waals surface area contributed by atoms with Gasteiger partial charge >= 0.3 is 0 Å². The molecule has 1 atom stereocenters. The molecular weight excluding hydrogens is 295 g/mol. The van der Waals surface area contributed by atoms with Crippen molar-refractivity contribution in [1.29, 1.82) is 0 Å². The number of hydrogen-bond acceptors (Lipinski definition) is 2. The van der Waals surface area contributed by atoms with Gasteiger partial charge in [-0.3, -0.25) is 9.59 Å². The van der Waals surface area contributed by atoms with Gasteiger partial charge in [-0.05, 0) is 37.6 Å². The average molecular weight is 314 g/mol. The monoisotopic (exact) mass is 314 g/mol. The first-order valence-electron chi connectivity index (χ1n) is 7.39. The van der Waals surface area contributed by atoms with Gasteiger partial charge in [-0.15, -0.1) is 0 Å². The summed E-state index contributed by atoms with van der Waals surface area (Å²) in [6, 6.07) is 13.4. The largest absolute Gasteiger partial charge is 0.352 e. The minimum absolute atomic E-state index is 0.0558. The fraction of sp³-hybridized carbons (Fsp3) is 0.222. The molecule has 0 spiro atoms. The van der Waals surface area contributed by atoms with Crippen molar-refractivity contribution in [3.05, 3.63) is 71.5 Å². The standard InChI is InChI=1S/C18H19FN2O2/c1-12(2)20-18(23)16(13-7-4-3-5-8-13)21-17(22)14-9-6-10-15(19)11-14/h3-12,16H,1-2H3,(H,20,23)(H,21,22)/t16-/m0/s1. The maximum absolute atomic E-state index is 13.3. The van der Waals surface area contributed by atoms with Crippen LogP contribution < -0.4 is 10.6 Å². The number of rotatable bonds is 5. The van der Waals surface area contributed by atoms with Crippen LogP contribution in [0.5, 0.6) is 0 Å². The quantitative estimate of drug-likeness (QED) is 0.891. The van der Waals surface area contributed by atoms with Gasteiger partial charge in [0, 0.05) is 11.6 Å². The summed E-state index contributed by atoms with van der Waals surface area (Å²) in [7, 11) is 0. The van der Waals surface area contributed by atoms with Crippen LogP contribution in [0.4, 0.5) is 4.39 Å². The molecule has 2 amide bonds. The number of nitrogens with one attached hydrogen (secondary N) is 2. The minimum Gasteiger partial charge on any atom is -0.352 e. The lowest BCUT2D eigenvalue weighted by Gasteiger charge is -2.20. The SMILES string of the molecule is CC(C)NC(=O)[C@@H](NC(=O)c1cccc(F)c1)c1ccccc1. The van der Waals surface area contributed by atoms with Crippen molar-refractivity contribution in [1.82, 2.24) is 10.6 Å². The zero-order valence-electron chi connectivity index (χ0n) is 13.0. The second kappa shape index (κ2) is 7.54. The zero-order chi connectivity index (χ0) is 16.8. The van der Waals surface area contributed by atoms with Gasteiger partial charge < -0.3 is 10.6 Å². The summed E-state index contributed by atoms with van der Waals surface area (Å²) < 4.78 is 13.3. The van der Waals surface area contributed by atoms with E-state index < -0.39 is 17.8 Å². The molecule has 0 radical (unpaired) electrons. The Labute approximate surface area is 134 Å². The summed E-state index contributed by atoms with van der Waals surface area (Å²) in [6.45, 7) is 3.68. The lowest BCUT2D eigenvalue weighted by Crippen LogP contribution is -2.42. The summed E-state index contributed by atoms with van der Waals surface area (Å²) in [5.41, 5.74) is 0.832. The van der Waals surface area contributed by atoms with Crippen LogP contribution in [0.3, 0.4) is 0 Å². The summed E-state index contributed by atoms with van der Waals surface area (Å²) in [6.07, 6.45) is 0. The van der Waals surface area contributed by atoms with Crippen LogP contribution in [0.15, 0.2) is 54.6 Å². The Hall–Kier alpha value is -2.69. The van der Waals surface area contributed by atoms with E-state index in [4.69, 9.17) is 0 Å². The number of benzene rings is 2. The van der Waals surface area contributed by atoms with Crippen molar-refractivity contribution in [2.45, 2.75) is 25.9 Å². The molecule has 2 aromatic rings. The Bertz CT molecular complexity index is 686. The van der Waals surface area contributed by atoms with Crippen molar-refractivity contribution < 1.29 is 14.0 Å². The van der Waals surface area contributed by atoms with Gasteiger partial charge in [0.05, 0.1) is 0 Å². The second-order valence-electron chi connectivity index (χ2n) is 5.49. The molecule has 2 rings (SSSR count). The highest BCUT2D eigenvalue weighted by Crippen LogP contribution is 2.14. The molecule has 0 aliphatic heterocycles. The molecule has 0 aliphatic rings. The van der Waals surface area contributed by atoms with E-state index in [1.807, 2.05) is 19.9 Å². The number of hydrogen-bond donors (Lipinski definition) is 2. The molecule has 0 unspecified atom stereocenters. The van der Waals surface area contributed by atoms with E-state index >= 15 is 0 Å². The highest BCUT2D eigenvalue weighted by atomic mass is 19.1. The van der Waals surface area contributed by atoms with Crippen LogP contribution in [-0.2, 0) is 4.79 Å². The first kappa shape index (κ1) is 16.7. The van der Waals surface area contributed by atoms with Gasteiger partial charge in [-0.25, -0.2) is 4.39 Å². The molecule has 0 saturated heterocycles. The smallest absolute Gasteiger partial charge is 0.252 e. The maximum atomic E-state index is 13.3. The number of carbonyl (C=O) groups is 2. The van der Waals surface area contributed by atoms with E-state index in [-0.39, 0.29) is 17.5 Å². The Kier molecular flexibility index (Phi) is 5.46. The third-order valence-electron chi connectivity index (χ3n) is 3.19. The van der Waals surface area contributed by atoms with Crippen LogP contribution in [0, 0.1) is 5.82 Å². The van der Waals surface area contributed by atoms with Crippen molar-refractivity contribution in [3.8, 4) is 0 Å². The predicted molar refractivity (Wildman–Crippen MR) is 86.3 cm³/mol. The van der Waals surface area contributed by atoms with Gasteiger partial charge in [-0.2, -0.15) is 0 Å². The fourth-order valence-corrected chi connectivity index (χ4v) is 2.16. The molecule has 0 aromatic heterocycles. The Morgan fingerprint density at radius 3 is 2.26 bits per heavy atom. The lowest BCUT2D eigenvalue weighted by molar-refractivity contribution is -0.123. The average Bonchev–Trinajstić information content (AvgIpc) is 2.52. The number of amides is 2. The molecule has 5 heteroatoms. The first-order chi connectivity index (χ1) is 11.0. The van der Waals surface area contributed by atoms with Crippen LogP contribution in [-0.4, -0.2) is 17.9 Å². The van der Waals surface area contributed by atoms with E-state index in [9.17, 15) is 14.0 Å².